The van der Waals surface area contributed by atoms with Crippen molar-refractivity contribution in [2.24, 2.45) is 0 Å². The van der Waals surface area contributed by atoms with Gasteiger partial charge in [-0.15, -0.1) is 0 Å². The Morgan fingerprint density at radius 1 is 0.740 bits per heavy atom. The van der Waals surface area contributed by atoms with Crippen molar-refractivity contribution in [2.45, 2.75) is 37.0 Å². The van der Waals surface area contributed by atoms with Gasteiger partial charge in [-0.2, -0.15) is 4.58 Å². The second kappa shape index (κ2) is 12.9. The van der Waals surface area contributed by atoms with E-state index in [9.17, 15) is 0 Å². The molecule has 0 radical (unpaired) electrons. The first-order valence-corrected chi connectivity index (χ1v) is 17.8. The molecule has 0 fully saturated rings. The van der Waals surface area contributed by atoms with Crippen LogP contribution >= 0.6 is 11.6 Å². The zero-order valence-electron chi connectivity index (χ0n) is 28.9. The summed E-state index contributed by atoms with van der Waals surface area (Å²) in [6, 6.07) is 47.7. The van der Waals surface area contributed by atoms with Crippen molar-refractivity contribution in [1.82, 2.24) is 4.98 Å². The lowest BCUT2D eigenvalue weighted by molar-refractivity contribution is -0.399. The highest BCUT2D eigenvalue weighted by atomic mass is 35.5. The number of nitrogens with zero attached hydrogens (tertiary/aromatic N) is 3. The summed E-state index contributed by atoms with van der Waals surface area (Å²) in [5.74, 6) is 0. The first-order chi connectivity index (χ1) is 24.4. The second-order valence-corrected chi connectivity index (χ2v) is 14.4. The molecule has 50 heavy (non-hydrogen) atoms. The number of fused-ring (bicyclic) bond motifs is 4. The molecule has 0 saturated carbocycles. The van der Waals surface area contributed by atoms with Crippen LogP contribution in [0.5, 0.6) is 0 Å². The summed E-state index contributed by atoms with van der Waals surface area (Å²) in [7, 11) is 4.42. The Morgan fingerprint density at radius 2 is 1.42 bits per heavy atom. The molecule has 8 rings (SSSR count). The van der Waals surface area contributed by atoms with Crippen molar-refractivity contribution < 1.29 is 4.58 Å². The third-order valence-corrected chi connectivity index (χ3v) is 11.1. The lowest BCUT2D eigenvalue weighted by atomic mass is 9.70. The number of pyridine rings is 1. The molecule has 1 aromatic heterocycles. The van der Waals surface area contributed by atoms with Crippen LogP contribution in [0, 0.1) is 0 Å². The maximum absolute atomic E-state index is 6.78. The van der Waals surface area contributed by atoms with Crippen LogP contribution in [0.4, 0.5) is 11.4 Å². The minimum absolute atomic E-state index is 0.277. The van der Waals surface area contributed by atoms with Crippen molar-refractivity contribution in [1.29, 1.82) is 0 Å². The minimum Gasteiger partial charge on any atom is -0.347 e. The van der Waals surface area contributed by atoms with E-state index in [4.69, 9.17) is 16.6 Å². The van der Waals surface area contributed by atoms with E-state index in [1.54, 1.807) is 0 Å². The SMILES string of the molecule is CN1/C(=C/C=C/C2=[N+](C)c3c(ccc4ccccc34)C2(C)Cc2ccccn2)C(Cc2ccccc2)(Cc2ccccc2)c2cc(Cl)ccc21. The van der Waals surface area contributed by atoms with Crippen molar-refractivity contribution in [2.75, 3.05) is 19.0 Å². The van der Waals surface area contributed by atoms with E-state index >= 15 is 0 Å². The number of benzene rings is 5. The van der Waals surface area contributed by atoms with Gasteiger partial charge in [0.05, 0.1) is 10.8 Å². The topological polar surface area (TPSA) is 19.1 Å². The highest BCUT2D eigenvalue weighted by molar-refractivity contribution is 6.30. The summed E-state index contributed by atoms with van der Waals surface area (Å²) < 4.78 is 2.41. The number of hydrogen-bond acceptors (Lipinski definition) is 2. The predicted octanol–water partition coefficient (Wildman–Crippen LogP) is 10.4. The molecule has 0 spiro atoms. The monoisotopic (exact) mass is 670 g/mol. The normalized spacial score (nSPS) is 18.7. The zero-order valence-corrected chi connectivity index (χ0v) is 29.6. The summed E-state index contributed by atoms with van der Waals surface area (Å²) in [5, 5.41) is 3.29. The fraction of sp³-hybridized carbons (Fsp3) is 0.174. The lowest BCUT2D eigenvalue weighted by Gasteiger charge is -2.33. The molecule has 2 aliphatic heterocycles. The Balaban J connectivity index is 1.29. The summed E-state index contributed by atoms with van der Waals surface area (Å²) in [4.78, 5) is 7.15. The molecule has 4 heteroatoms. The Labute approximate surface area is 300 Å². The predicted molar refractivity (Wildman–Crippen MR) is 209 cm³/mol. The first-order valence-electron chi connectivity index (χ1n) is 17.4. The van der Waals surface area contributed by atoms with E-state index in [2.05, 4.69) is 170 Å². The Kier molecular flexibility index (Phi) is 8.25. The van der Waals surface area contributed by atoms with Gasteiger partial charge in [0.1, 0.15) is 7.05 Å². The van der Waals surface area contributed by atoms with Gasteiger partial charge in [0.25, 0.3) is 0 Å². The van der Waals surface area contributed by atoms with E-state index in [-0.39, 0.29) is 10.8 Å². The van der Waals surface area contributed by atoms with E-state index in [0.717, 1.165) is 30.0 Å². The van der Waals surface area contributed by atoms with Gasteiger partial charge in [-0.3, -0.25) is 4.98 Å². The number of halogens is 1. The molecule has 2 aliphatic rings. The number of rotatable bonds is 8. The Morgan fingerprint density at radius 3 is 2.12 bits per heavy atom. The lowest BCUT2D eigenvalue weighted by Crippen LogP contribution is -2.35. The van der Waals surface area contributed by atoms with Crippen LogP contribution in [0.1, 0.15) is 34.9 Å². The van der Waals surface area contributed by atoms with E-state index in [1.165, 1.54) is 55.8 Å². The molecule has 0 N–H and O–H groups in total. The molecule has 1 atom stereocenters. The molecule has 0 amide bonds. The summed E-state index contributed by atoms with van der Waals surface area (Å²) in [5.41, 5.74) is 10.7. The third kappa shape index (κ3) is 5.47. The minimum atomic E-state index is -0.329. The fourth-order valence-electron chi connectivity index (χ4n) is 8.63. The highest BCUT2D eigenvalue weighted by Gasteiger charge is 2.48. The van der Waals surface area contributed by atoms with Crippen LogP contribution in [-0.2, 0) is 30.1 Å². The molecule has 3 nitrogen and oxygen atoms in total. The van der Waals surface area contributed by atoms with Gasteiger partial charge in [0.2, 0.25) is 5.69 Å². The van der Waals surface area contributed by atoms with E-state index < -0.39 is 0 Å². The fourth-order valence-corrected chi connectivity index (χ4v) is 8.81. The van der Waals surface area contributed by atoms with Crippen molar-refractivity contribution in [3.8, 4) is 0 Å². The molecule has 0 aliphatic carbocycles. The quantitative estimate of drug-likeness (QED) is 0.150. The number of likely N-dealkylation sites (N-methyl/N-ethyl adjacent to an activating group) is 1. The van der Waals surface area contributed by atoms with Gasteiger partial charge in [-0.25, -0.2) is 0 Å². The maximum Gasteiger partial charge on any atom is 0.217 e. The van der Waals surface area contributed by atoms with Gasteiger partial charge in [-0.1, -0.05) is 115 Å². The van der Waals surface area contributed by atoms with Gasteiger partial charge in [0, 0.05) is 58.8 Å². The van der Waals surface area contributed by atoms with Crippen LogP contribution in [0.2, 0.25) is 5.02 Å². The smallest absolute Gasteiger partial charge is 0.217 e. The van der Waals surface area contributed by atoms with Gasteiger partial charge < -0.3 is 4.90 Å². The molecule has 3 heterocycles. The van der Waals surface area contributed by atoms with Crippen LogP contribution < -0.4 is 4.90 Å². The standard InChI is InChI=1S/C46H41ClN3/c1-45(32-37-20-12-13-28-48-37)39-26-24-35-19-10-11-21-38(35)44(39)50(3)42(45)22-14-23-43-46(30-33-15-6-4-7-16-33,31-34-17-8-5-9-18-34)40-29-36(47)25-27-41(40)49(43)2/h4-29H,30-32H2,1-3H3/q+1. The summed E-state index contributed by atoms with van der Waals surface area (Å²) in [6.07, 6.45) is 11.4. The van der Waals surface area contributed by atoms with Crippen LogP contribution in [-0.4, -0.2) is 29.4 Å². The molecule has 5 aromatic carbocycles. The van der Waals surface area contributed by atoms with Crippen molar-refractivity contribution in [3.63, 3.8) is 0 Å². The average Bonchev–Trinajstić information content (AvgIpc) is 3.48. The van der Waals surface area contributed by atoms with Gasteiger partial charge in [0.15, 0.2) is 5.71 Å². The van der Waals surface area contributed by atoms with Crippen molar-refractivity contribution in [3.05, 3.63) is 197 Å². The van der Waals surface area contributed by atoms with Gasteiger partial charge >= 0.3 is 0 Å². The molecular formula is C46H41ClN3+. The van der Waals surface area contributed by atoms with Crippen molar-refractivity contribution >= 4 is 39.5 Å². The number of allylic oxidation sites excluding steroid dienone is 4. The molecular weight excluding hydrogens is 630 g/mol. The van der Waals surface area contributed by atoms with Gasteiger partial charge in [-0.05, 0) is 84.3 Å². The Hall–Kier alpha value is -5.25. The van der Waals surface area contributed by atoms with E-state index in [0.29, 0.717) is 0 Å². The first kappa shape index (κ1) is 32.0. The maximum atomic E-state index is 6.78. The number of hydrogen-bond donors (Lipinski definition) is 0. The molecule has 0 bridgehead atoms. The van der Waals surface area contributed by atoms with Crippen LogP contribution in [0.3, 0.4) is 0 Å². The highest BCUT2D eigenvalue weighted by Crippen LogP contribution is 2.52. The molecule has 0 saturated heterocycles. The van der Waals surface area contributed by atoms with Crippen LogP contribution in [0.15, 0.2) is 164 Å². The number of anilines is 1. The zero-order chi connectivity index (χ0) is 34.3. The second-order valence-electron chi connectivity index (χ2n) is 14.0. The van der Waals surface area contributed by atoms with E-state index in [1.807, 2.05) is 18.3 Å². The number of aromatic nitrogens is 1. The molecule has 1 unspecified atom stereocenters. The largest absolute Gasteiger partial charge is 0.347 e. The van der Waals surface area contributed by atoms with Crippen LogP contribution in [0.25, 0.3) is 10.8 Å². The molecule has 6 aromatic rings. The summed E-state index contributed by atoms with van der Waals surface area (Å²) in [6.45, 7) is 2.38. The molecule has 246 valence electrons. The summed E-state index contributed by atoms with van der Waals surface area (Å²) >= 11 is 6.78. The Bertz CT molecular complexity index is 2250. The average molecular weight is 671 g/mol. The third-order valence-electron chi connectivity index (χ3n) is 10.9.